The molecule has 1 aliphatic rings. The fourth-order valence-electron chi connectivity index (χ4n) is 3.00. The average Bonchev–Trinajstić information content (AvgIpc) is 3.01. The number of carbonyl (C=O) groups excluding carboxylic acids is 1. The number of carbonyl (C=O) groups is 1. The first-order valence-electron chi connectivity index (χ1n) is 7.82. The van der Waals surface area contributed by atoms with Crippen LogP contribution in [-0.2, 0) is 7.05 Å². The lowest BCUT2D eigenvalue weighted by molar-refractivity contribution is 0.0933. The summed E-state index contributed by atoms with van der Waals surface area (Å²) in [4.78, 5) is 14.6. The second-order valence-corrected chi connectivity index (χ2v) is 5.88. The van der Waals surface area contributed by atoms with Crippen molar-refractivity contribution < 1.29 is 9.18 Å². The monoisotopic (exact) mass is 327 g/mol. The Morgan fingerprint density at radius 3 is 3.00 bits per heavy atom. The number of hydrogen-bond acceptors (Lipinski definition) is 4. The molecule has 7 heteroatoms. The van der Waals surface area contributed by atoms with Crippen LogP contribution in [0.25, 0.3) is 0 Å². The Hall–Kier alpha value is -2.88. The smallest absolute Gasteiger partial charge is 0.251 e. The molecule has 0 unspecified atom stereocenters. The molecule has 24 heavy (non-hydrogen) atoms. The number of nitriles is 1. The van der Waals surface area contributed by atoms with Crippen LogP contribution in [0, 0.1) is 17.1 Å². The number of aromatic nitrogens is 2. The maximum Gasteiger partial charge on any atom is 0.251 e. The highest BCUT2D eigenvalue weighted by molar-refractivity contribution is 5.94. The third-order valence-corrected chi connectivity index (χ3v) is 4.22. The fourth-order valence-corrected chi connectivity index (χ4v) is 3.00. The van der Waals surface area contributed by atoms with Crippen LogP contribution in [0.15, 0.2) is 30.5 Å². The van der Waals surface area contributed by atoms with Crippen LogP contribution in [0.2, 0.25) is 0 Å². The standard InChI is InChI=1S/C17H18FN5O/c1-22-16(6-7-20-22)23-8-2-3-14(11-23)21-17(24)12-4-5-15(18)13(9-12)10-19/h4-7,9,14H,2-3,8,11H2,1H3,(H,21,24)/t14-/m0/s1. The molecule has 0 saturated carbocycles. The molecule has 1 N–H and O–H groups in total. The van der Waals surface area contributed by atoms with Gasteiger partial charge in [-0.05, 0) is 31.0 Å². The summed E-state index contributed by atoms with van der Waals surface area (Å²) < 4.78 is 15.2. The number of nitrogens with one attached hydrogen (secondary N) is 1. The minimum Gasteiger partial charge on any atom is -0.355 e. The first-order chi connectivity index (χ1) is 11.6. The van der Waals surface area contributed by atoms with E-state index >= 15 is 0 Å². The van der Waals surface area contributed by atoms with Crippen molar-refractivity contribution in [3.8, 4) is 6.07 Å². The Labute approximate surface area is 139 Å². The van der Waals surface area contributed by atoms with Crippen LogP contribution in [0.3, 0.4) is 0 Å². The van der Waals surface area contributed by atoms with E-state index in [2.05, 4.69) is 15.3 Å². The van der Waals surface area contributed by atoms with Crippen molar-refractivity contribution in [2.75, 3.05) is 18.0 Å². The summed E-state index contributed by atoms with van der Waals surface area (Å²) in [5, 5.41) is 16.0. The average molecular weight is 327 g/mol. The van der Waals surface area contributed by atoms with Crippen LogP contribution in [0.4, 0.5) is 10.2 Å². The number of halogens is 1. The van der Waals surface area contributed by atoms with Gasteiger partial charge in [0.15, 0.2) is 0 Å². The lowest BCUT2D eigenvalue weighted by atomic mass is 10.0. The van der Waals surface area contributed by atoms with Gasteiger partial charge in [-0.1, -0.05) is 0 Å². The molecule has 0 spiro atoms. The van der Waals surface area contributed by atoms with Crippen molar-refractivity contribution in [1.82, 2.24) is 15.1 Å². The van der Waals surface area contributed by atoms with Crippen molar-refractivity contribution in [3.05, 3.63) is 47.4 Å². The topological polar surface area (TPSA) is 74.0 Å². The van der Waals surface area contributed by atoms with Gasteiger partial charge in [0.2, 0.25) is 0 Å². The maximum atomic E-state index is 13.4. The van der Waals surface area contributed by atoms with Crippen LogP contribution in [-0.4, -0.2) is 34.8 Å². The third kappa shape index (κ3) is 3.23. The molecule has 1 fully saturated rings. The highest BCUT2D eigenvalue weighted by Crippen LogP contribution is 2.19. The second kappa shape index (κ2) is 6.71. The van der Waals surface area contributed by atoms with E-state index in [1.54, 1.807) is 12.3 Å². The number of anilines is 1. The van der Waals surface area contributed by atoms with E-state index in [1.165, 1.54) is 12.1 Å². The summed E-state index contributed by atoms with van der Waals surface area (Å²) in [6, 6.07) is 7.53. The number of hydrogen-bond donors (Lipinski definition) is 1. The number of rotatable bonds is 3. The molecule has 1 saturated heterocycles. The Morgan fingerprint density at radius 2 is 2.29 bits per heavy atom. The molecule has 124 valence electrons. The fraction of sp³-hybridized carbons (Fsp3) is 0.353. The van der Waals surface area contributed by atoms with E-state index in [9.17, 15) is 9.18 Å². The molecule has 3 rings (SSSR count). The molecule has 1 aromatic heterocycles. The van der Waals surface area contributed by atoms with Gasteiger partial charge in [0.1, 0.15) is 17.7 Å². The predicted molar refractivity (Wildman–Crippen MR) is 87.0 cm³/mol. The van der Waals surface area contributed by atoms with Crippen molar-refractivity contribution in [3.63, 3.8) is 0 Å². The van der Waals surface area contributed by atoms with Gasteiger partial charge >= 0.3 is 0 Å². The Kier molecular flexibility index (Phi) is 4.47. The number of nitrogens with zero attached hydrogens (tertiary/aromatic N) is 4. The van der Waals surface area contributed by atoms with Gasteiger partial charge in [-0.2, -0.15) is 10.4 Å². The predicted octanol–water partition coefficient (Wildman–Crippen LogP) is 1.83. The lowest BCUT2D eigenvalue weighted by Gasteiger charge is -2.34. The summed E-state index contributed by atoms with van der Waals surface area (Å²) in [7, 11) is 1.89. The summed E-state index contributed by atoms with van der Waals surface area (Å²) in [6.45, 7) is 1.61. The zero-order valence-corrected chi connectivity index (χ0v) is 13.4. The lowest BCUT2D eigenvalue weighted by Crippen LogP contribution is -2.48. The minimum absolute atomic E-state index is 0.00302. The largest absolute Gasteiger partial charge is 0.355 e. The number of benzene rings is 1. The van der Waals surface area contributed by atoms with Crippen LogP contribution in [0.5, 0.6) is 0 Å². The molecule has 1 amide bonds. The SMILES string of the molecule is Cn1nccc1N1CCC[C@H](NC(=O)c2ccc(F)c(C#N)c2)C1. The minimum atomic E-state index is -0.617. The second-order valence-electron chi connectivity index (χ2n) is 5.88. The Balaban J connectivity index is 1.68. The summed E-state index contributed by atoms with van der Waals surface area (Å²) >= 11 is 0. The van der Waals surface area contributed by atoms with Crippen molar-refractivity contribution in [1.29, 1.82) is 5.26 Å². The molecule has 0 radical (unpaired) electrons. The van der Waals surface area contributed by atoms with Gasteiger partial charge in [-0.15, -0.1) is 0 Å². The van der Waals surface area contributed by atoms with Gasteiger partial charge in [0, 0.05) is 37.8 Å². The molecule has 1 aliphatic heterocycles. The van der Waals surface area contributed by atoms with Crippen molar-refractivity contribution in [2.24, 2.45) is 7.05 Å². The highest BCUT2D eigenvalue weighted by Gasteiger charge is 2.23. The molecular formula is C17H18FN5O. The van der Waals surface area contributed by atoms with E-state index in [0.29, 0.717) is 12.1 Å². The number of amides is 1. The highest BCUT2D eigenvalue weighted by atomic mass is 19.1. The van der Waals surface area contributed by atoms with Gasteiger partial charge in [-0.25, -0.2) is 4.39 Å². The van der Waals surface area contributed by atoms with Crippen LogP contribution in [0.1, 0.15) is 28.8 Å². The van der Waals surface area contributed by atoms with Gasteiger partial charge in [0.25, 0.3) is 5.91 Å². The zero-order chi connectivity index (χ0) is 17.1. The van der Waals surface area contributed by atoms with Crippen molar-refractivity contribution in [2.45, 2.75) is 18.9 Å². The summed E-state index contributed by atoms with van der Waals surface area (Å²) in [5.74, 6) is 0.111. The third-order valence-electron chi connectivity index (χ3n) is 4.22. The quantitative estimate of drug-likeness (QED) is 0.933. The maximum absolute atomic E-state index is 13.4. The molecule has 1 aromatic carbocycles. The molecule has 2 heterocycles. The van der Waals surface area contributed by atoms with Crippen LogP contribution >= 0.6 is 0 Å². The molecule has 0 bridgehead atoms. The van der Waals surface area contributed by atoms with E-state index in [1.807, 2.05) is 17.8 Å². The Morgan fingerprint density at radius 1 is 1.46 bits per heavy atom. The summed E-state index contributed by atoms with van der Waals surface area (Å²) in [5.41, 5.74) is 0.174. The van der Waals surface area contributed by atoms with E-state index in [0.717, 1.165) is 31.3 Å². The molecule has 0 aliphatic carbocycles. The van der Waals surface area contributed by atoms with E-state index in [-0.39, 0.29) is 17.5 Å². The Bertz CT molecular complexity index is 795. The number of aryl methyl sites for hydroxylation is 1. The molecular weight excluding hydrogens is 309 g/mol. The van der Waals surface area contributed by atoms with Crippen molar-refractivity contribution >= 4 is 11.7 Å². The normalized spacial score (nSPS) is 17.4. The first kappa shape index (κ1) is 16.0. The van der Waals surface area contributed by atoms with Gasteiger partial charge in [0.05, 0.1) is 11.8 Å². The molecule has 6 nitrogen and oxygen atoms in total. The first-order valence-corrected chi connectivity index (χ1v) is 7.82. The molecule has 2 aromatic rings. The van der Waals surface area contributed by atoms with Gasteiger partial charge in [-0.3, -0.25) is 9.48 Å². The van der Waals surface area contributed by atoms with E-state index < -0.39 is 5.82 Å². The molecule has 1 atom stereocenters. The summed E-state index contributed by atoms with van der Waals surface area (Å²) in [6.07, 6.45) is 3.59. The van der Waals surface area contributed by atoms with Gasteiger partial charge < -0.3 is 10.2 Å². The van der Waals surface area contributed by atoms with Crippen LogP contribution < -0.4 is 10.2 Å². The van der Waals surface area contributed by atoms with E-state index in [4.69, 9.17) is 5.26 Å². The zero-order valence-electron chi connectivity index (χ0n) is 13.4. The number of piperidine rings is 1.